The first-order valence-corrected chi connectivity index (χ1v) is 6.09. The first-order valence-electron chi connectivity index (χ1n) is 4.01. The first kappa shape index (κ1) is 13.1. The maximum Gasteiger partial charge on any atom is 0.318 e. The summed E-state index contributed by atoms with van der Waals surface area (Å²) >= 11 is 0.700. The van der Waals surface area contributed by atoms with Crippen LogP contribution in [0.25, 0.3) is 0 Å². The summed E-state index contributed by atoms with van der Waals surface area (Å²) < 4.78 is 4.59. The zero-order chi connectivity index (χ0) is 10.3. The fraction of sp³-hybridized carbons (Fsp3) is 0.857. The van der Waals surface area contributed by atoms with Gasteiger partial charge < -0.3 is 14.4 Å². The Kier molecular flexibility index (Phi) is 6.58. The molecule has 6 heteroatoms. The van der Waals surface area contributed by atoms with Crippen LogP contribution >= 0.6 is 21.9 Å². The second-order valence-electron chi connectivity index (χ2n) is 2.45. The molecule has 0 rings (SSSR count). The molecule has 13 heavy (non-hydrogen) atoms. The molecule has 0 spiro atoms. The zero-order valence-corrected chi connectivity index (χ0v) is 9.28. The molecule has 4 nitrogen and oxygen atoms in total. The van der Waals surface area contributed by atoms with Gasteiger partial charge in [-0.05, 0) is 0 Å². The number of hydrogen-bond donors (Lipinski definition) is 2. The van der Waals surface area contributed by atoms with Crippen molar-refractivity contribution in [2.75, 3.05) is 0 Å². The summed E-state index contributed by atoms with van der Waals surface area (Å²) in [6, 6.07) is 0. The normalized spacial score (nSPS) is 11.4. The number of carbonyl (C=O) groups excluding carboxylic acids is 1. The average molecular weight is 226 g/mol. The molecule has 0 aliphatic carbocycles. The van der Waals surface area contributed by atoms with E-state index >= 15 is 0 Å². The molecule has 0 heterocycles. The van der Waals surface area contributed by atoms with Crippen LogP contribution in [-0.2, 0) is 8.98 Å². The monoisotopic (exact) mass is 226 g/mol. The smallest absolute Gasteiger partial charge is 0.318 e. The van der Waals surface area contributed by atoms with Gasteiger partial charge in [-0.15, -0.1) is 0 Å². The number of hydrogen-bond acceptors (Lipinski definition) is 6. The maximum atomic E-state index is 10.6. The molecule has 0 atom stereocenters. The summed E-state index contributed by atoms with van der Waals surface area (Å²) in [6.07, 6.45) is 1.18. The lowest BCUT2D eigenvalue weighted by Gasteiger charge is -2.17. The fourth-order valence-electron chi connectivity index (χ4n) is 0.536. The van der Waals surface area contributed by atoms with Gasteiger partial charge in [0.2, 0.25) is 5.12 Å². The van der Waals surface area contributed by atoms with Crippen molar-refractivity contribution < 1.29 is 19.2 Å². The van der Waals surface area contributed by atoms with Gasteiger partial charge in [-0.1, -0.05) is 20.3 Å². The summed E-state index contributed by atoms with van der Waals surface area (Å²) in [7, 11) is 0.732. The van der Waals surface area contributed by atoms with E-state index in [0.29, 0.717) is 17.5 Å². The van der Waals surface area contributed by atoms with E-state index in [9.17, 15) is 15.0 Å². The van der Waals surface area contributed by atoms with Gasteiger partial charge in [0.15, 0.2) is 0 Å². The molecule has 0 aliphatic rings. The highest BCUT2D eigenvalue weighted by atomic mass is 33.1. The topological polar surface area (TPSA) is 66.8 Å². The molecular formula is C7H14O4S2. The van der Waals surface area contributed by atoms with Crippen molar-refractivity contribution in [1.29, 1.82) is 0 Å². The largest absolute Gasteiger partial charge is 0.379 e. The van der Waals surface area contributed by atoms with Crippen LogP contribution < -0.4 is 0 Å². The van der Waals surface area contributed by atoms with Crippen molar-refractivity contribution in [2.45, 2.75) is 38.2 Å². The third kappa shape index (κ3) is 7.18. The summed E-state index contributed by atoms with van der Waals surface area (Å²) in [5.41, 5.74) is 0. The second-order valence-corrected chi connectivity index (χ2v) is 4.48. The van der Waals surface area contributed by atoms with E-state index in [4.69, 9.17) is 0 Å². The lowest BCUT2D eigenvalue weighted by Crippen LogP contribution is -2.21. The van der Waals surface area contributed by atoms with E-state index in [1.165, 1.54) is 0 Å². The number of carbonyl (C=O) groups is 1. The molecule has 0 saturated heterocycles. The molecule has 78 valence electrons. The molecule has 0 aliphatic heterocycles. The summed E-state index contributed by atoms with van der Waals surface area (Å²) in [4.78, 5) is 10.6. The summed E-state index contributed by atoms with van der Waals surface area (Å²) in [5.74, 6) is -0.371. The standard InChI is InChI=1S/C7H14O4S2/c1-3-5-7(9,10)12-13-11-6(8)4-2/h9-10H,3-5H2,1-2H3. The highest BCUT2D eigenvalue weighted by Gasteiger charge is 2.24. The molecule has 2 N–H and O–H groups in total. The Morgan fingerprint density at radius 1 is 1.46 bits per heavy atom. The molecule has 0 fully saturated rings. The maximum absolute atomic E-state index is 10.6. The van der Waals surface area contributed by atoms with Crippen LogP contribution in [0.2, 0.25) is 0 Å². The van der Waals surface area contributed by atoms with Crippen molar-refractivity contribution in [3.8, 4) is 0 Å². The van der Waals surface area contributed by atoms with Crippen molar-refractivity contribution in [3.63, 3.8) is 0 Å². The highest BCUT2D eigenvalue weighted by Crippen LogP contribution is 2.35. The Balaban J connectivity index is 3.56. The van der Waals surface area contributed by atoms with Gasteiger partial charge in [-0.3, -0.25) is 4.79 Å². The van der Waals surface area contributed by atoms with Crippen LogP contribution in [0.5, 0.6) is 0 Å². The van der Waals surface area contributed by atoms with E-state index in [1.54, 1.807) is 6.92 Å². The highest BCUT2D eigenvalue weighted by molar-refractivity contribution is 8.75. The second kappa shape index (κ2) is 6.53. The quantitative estimate of drug-likeness (QED) is 0.408. The van der Waals surface area contributed by atoms with Crippen molar-refractivity contribution >= 4 is 27.8 Å². The Hall–Kier alpha value is 0.0900. The predicted molar refractivity (Wildman–Crippen MR) is 53.6 cm³/mol. The Labute approximate surface area is 85.6 Å². The average Bonchev–Trinajstić information content (AvgIpc) is 2.03. The minimum Gasteiger partial charge on any atom is -0.379 e. The molecule has 0 unspecified atom stereocenters. The van der Waals surface area contributed by atoms with Crippen LogP contribution in [0.15, 0.2) is 0 Å². The lowest BCUT2D eigenvalue weighted by molar-refractivity contribution is -0.132. The van der Waals surface area contributed by atoms with Crippen molar-refractivity contribution in [1.82, 2.24) is 0 Å². The minimum atomic E-state index is -1.81. The van der Waals surface area contributed by atoms with Gasteiger partial charge in [0.05, 0.1) is 0 Å². The van der Waals surface area contributed by atoms with Gasteiger partial charge >= 0.3 is 5.97 Å². The zero-order valence-electron chi connectivity index (χ0n) is 7.65. The number of rotatable bonds is 6. The van der Waals surface area contributed by atoms with Crippen LogP contribution in [0, 0.1) is 0 Å². The lowest BCUT2D eigenvalue weighted by atomic mass is 10.3. The first-order chi connectivity index (χ1) is 6.02. The third-order valence-electron chi connectivity index (χ3n) is 1.16. The SMILES string of the molecule is CCCC(O)(O)SSOC(=O)CC. The van der Waals surface area contributed by atoms with Gasteiger partial charge in [-0.25, -0.2) is 0 Å². The van der Waals surface area contributed by atoms with E-state index < -0.39 is 5.12 Å². The molecular weight excluding hydrogens is 212 g/mol. The Morgan fingerprint density at radius 2 is 2.08 bits per heavy atom. The van der Waals surface area contributed by atoms with Gasteiger partial charge in [-0.2, -0.15) is 0 Å². The minimum absolute atomic E-state index is 0.244. The Bertz CT molecular complexity index is 161. The van der Waals surface area contributed by atoms with E-state index in [-0.39, 0.29) is 18.8 Å². The number of aliphatic hydroxyl groups is 2. The van der Waals surface area contributed by atoms with E-state index in [2.05, 4.69) is 4.18 Å². The fourth-order valence-corrected chi connectivity index (χ4v) is 2.07. The van der Waals surface area contributed by atoms with Crippen LogP contribution in [-0.4, -0.2) is 21.3 Å². The molecule has 0 amide bonds. The molecule has 0 aromatic rings. The van der Waals surface area contributed by atoms with Crippen molar-refractivity contribution in [2.24, 2.45) is 0 Å². The van der Waals surface area contributed by atoms with Crippen LogP contribution in [0.4, 0.5) is 0 Å². The molecule has 0 bridgehead atoms. The van der Waals surface area contributed by atoms with Crippen LogP contribution in [0.3, 0.4) is 0 Å². The van der Waals surface area contributed by atoms with Crippen LogP contribution in [0.1, 0.15) is 33.1 Å². The van der Waals surface area contributed by atoms with E-state index in [1.807, 2.05) is 6.92 Å². The van der Waals surface area contributed by atoms with Gasteiger partial charge in [0, 0.05) is 23.6 Å². The third-order valence-corrected chi connectivity index (χ3v) is 3.16. The van der Waals surface area contributed by atoms with Gasteiger partial charge in [0.25, 0.3) is 0 Å². The Morgan fingerprint density at radius 3 is 2.54 bits per heavy atom. The molecule has 0 saturated carbocycles. The molecule has 0 radical (unpaired) electrons. The van der Waals surface area contributed by atoms with Crippen molar-refractivity contribution in [3.05, 3.63) is 0 Å². The molecule has 0 aromatic carbocycles. The summed E-state index contributed by atoms with van der Waals surface area (Å²) in [6.45, 7) is 3.51. The van der Waals surface area contributed by atoms with Gasteiger partial charge in [0.1, 0.15) is 11.1 Å². The predicted octanol–water partition coefficient (Wildman–Crippen LogP) is 1.67. The van der Waals surface area contributed by atoms with E-state index in [0.717, 1.165) is 10.8 Å². The summed E-state index contributed by atoms with van der Waals surface area (Å²) in [5, 5.41) is 16.6. The molecule has 0 aromatic heterocycles.